The lowest BCUT2D eigenvalue weighted by molar-refractivity contribution is 0.201. The van der Waals surface area contributed by atoms with E-state index in [1.807, 2.05) is 0 Å². The summed E-state index contributed by atoms with van der Waals surface area (Å²) in [6.45, 7) is 5.78. The Kier molecular flexibility index (Phi) is 4.83. The van der Waals surface area contributed by atoms with Crippen LogP contribution in [0.3, 0.4) is 0 Å². The van der Waals surface area contributed by atoms with E-state index >= 15 is 0 Å². The fraction of sp³-hybridized carbons (Fsp3) is 0.667. The highest BCUT2D eigenvalue weighted by molar-refractivity contribution is 7.60. The number of hydrogen-bond donors (Lipinski definition) is 0. The molecule has 0 bridgehead atoms. The maximum absolute atomic E-state index is 5.23. The molecule has 4 heteroatoms. The molecular formula is C6H14O3P+. The first-order chi connectivity index (χ1) is 4.68. The molecule has 0 rings (SSSR count). The number of hydrogen-bond acceptors (Lipinski definition) is 3. The van der Waals surface area contributed by atoms with Crippen LogP contribution in [-0.2, 0) is 13.6 Å². The molecule has 0 radical (unpaired) electrons. The van der Waals surface area contributed by atoms with Gasteiger partial charge in [-0.2, -0.15) is 13.6 Å². The molecule has 60 valence electrons. The van der Waals surface area contributed by atoms with Crippen molar-refractivity contribution in [3.8, 4) is 0 Å². The van der Waals surface area contributed by atoms with Crippen LogP contribution < -0.4 is 0 Å². The molecule has 0 aliphatic rings. The zero-order valence-corrected chi connectivity index (χ0v) is 7.56. The summed E-state index contributed by atoms with van der Waals surface area (Å²) in [5, 5.41) is 0. The summed E-state index contributed by atoms with van der Waals surface area (Å²) in [4.78, 5) is 0. The first kappa shape index (κ1) is 10.0. The Bertz CT molecular complexity index is 101. The smallest absolute Gasteiger partial charge is 0.182 e. The van der Waals surface area contributed by atoms with Crippen molar-refractivity contribution in [2.24, 2.45) is 0 Å². The van der Waals surface area contributed by atoms with Crippen LogP contribution in [0.4, 0.5) is 0 Å². The molecular weight excluding hydrogens is 151 g/mol. The summed E-state index contributed by atoms with van der Waals surface area (Å²) < 4.78 is 15.2. The highest BCUT2D eigenvalue weighted by Crippen LogP contribution is 2.56. The molecule has 0 aliphatic carbocycles. The van der Waals surface area contributed by atoms with Gasteiger partial charge in [-0.15, -0.1) is 6.58 Å². The van der Waals surface area contributed by atoms with Gasteiger partial charge in [0.2, 0.25) is 0 Å². The molecule has 0 saturated carbocycles. The summed E-state index contributed by atoms with van der Waals surface area (Å²) in [5.74, 6) is 0. The van der Waals surface area contributed by atoms with Gasteiger partial charge >= 0.3 is 7.94 Å². The molecule has 0 aromatic heterocycles. The highest BCUT2D eigenvalue weighted by Gasteiger charge is 2.34. The lowest BCUT2D eigenvalue weighted by Gasteiger charge is -2.12. The molecule has 10 heavy (non-hydrogen) atoms. The van der Waals surface area contributed by atoms with E-state index in [-0.39, 0.29) is 0 Å². The fourth-order valence-corrected chi connectivity index (χ4v) is 1.10. The highest BCUT2D eigenvalue weighted by atomic mass is 31.2. The molecule has 0 heterocycles. The van der Waals surface area contributed by atoms with Crippen molar-refractivity contribution in [1.82, 2.24) is 0 Å². The first-order valence-corrected chi connectivity index (χ1v) is 4.91. The van der Waals surface area contributed by atoms with E-state index in [2.05, 4.69) is 6.58 Å². The predicted octanol–water partition coefficient (Wildman–Crippen LogP) is 1.87. The van der Waals surface area contributed by atoms with Crippen molar-refractivity contribution in [1.29, 1.82) is 0 Å². The lowest BCUT2D eigenvalue weighted by atomic mass is 10.7. The molecule has 0 aromatic carbocycles. The average Bonchev–Trinajstić information content (AvgIpc) is 2.00. The van der Waals surface area contributed by atoms with Crippen molar-refractivity contribution in [3.05, 3.63) is 12.7 Å². The van der Waals surface area contributed by atoms with Gasteiger partial charge in [0.15, 0.2) is 0 Å². The number of rotatable bonds is 5. The standard InChI is InChI=1S/C6H14O3P/c1-5-6-9-10(4,7-2)8-3/h5H,1,6H2,2-4H3/q+1. The van der Waals surface area contributed by atoms with E-state index in [0.717, 1.165) is 0 Å². The zero-order chi connectivity index (χ0) is 8.04. The summed E-state index contributed by atoms with van der Waals surface area (Å²) in [6, 6.07) is 0. The topological polar surface area (TPSA) is 27.7 Å². The first-order valence-electron chi connectivity index (χ1n) is 2.92. The Morgan fingerprint density at radius 3 is 2.20 bits per heavy atom. The van der Waals surface area contributed by atoms with Crippen molar-refractivity contribution >= 4 is 7.94 Å². The molecule has 0 N–H and O–H groups in total. The largest absolute Gasteiger partial charge is 0.407 e. The Hall–Kier alpha value is 0.0500. The second kappa shape index (κ2) is 4.80. The van der Waals surface area contributed by atoms with Gasteiger partial charge in [0.05, 0.1) is 14.2 Å². The third-order valence-electron chi connectivity index (χ3n) is 1.09. The van der Waals surface area contributed by atoms with Crippen LogP contribution in [0.1, 0.15) is 0 Å². The third-order valence-corrected chi connectivity index (χ3v) is 3.03. The third kappa shape index (κ3) is 3.28. The summed E-state index contributed by atoms with van der Waals surface area (Å²) in [7, 11) is 1.12. The molecule has 0 spiro atoms. The van der Waals surface area contributed by atoms with Crippen LogP contribution in [0.2, 0.25) is 0 Å². The molecule has 3 nitrogen and oxygen atoms in total. The van der Waals surface area contributed by atoms with Crippen LogP contribution in [0.5, 0.6) is 0 Å². The molecule has 0 atom stereocenters. The monoisotopic (exact) mass is 165 g/mol. The molecule has 0 aliphatic heterocycles. The van der Waals surface area contributed by atoms with Crippen molar-refractivity contribution in [3.63, 3.8) is 0 Å². The summed E-state index contributed by atoms with van der Waals surface area (Å²) in [6.07, 6.45) is 1.66. The maximum atomic E-state index is 5.23. The second-order valence-electron chi connectivity index (χ2n) is 1.72. The maximum Gasteiger partial charge on any atom is 0.407 e. The minimum absolute atomic E-state index is 0.464. The van der Waals surface area contributed by atoms with E-state index in [1.165, 1.54) is 0 Å². The van der Waals surface area contributed by atoms with Crippen LogP contribution in [0.25, 0.3) is 0 Å². The van der Waals surface area contributed by atoms with E-state index in [4.69, 9.17) is 13.6 Å². The summed E-state index contributed by atoms with van der Waals surface area (Å²) in [5.41, 5.74) is 0. The average molecular weight is 165 g/mol. The molecule has 0 fully saturated rings. The van der Waals surface area contributed by atoms with E-state index in [1.54, 1.807) is 27.0 Å². The quantitative estimate of drug-likeness (QED) is 0.459. The minimum atomic E-state index is -2.02. The molecule has 0 unspecified atom stereocenters. The van der Waals surface area contributed by atoms with Gasteiger partial charge in [0.25, 0.3) is 0 Å². The zero-order valence-electron chi connectivity index (χ0n) is 6.66. The Morgan fingerprint density at radius 2 is 1.90 bits per heavy atom. The molecule has 0 amide bonds. The van der Waals surface area contributed by atoms with E-state index < -0.39 is 7.94 Å². The van der Waals surface area contributed by atoms with Gasteiger partial charge in [-0.25, -0.2) is 0 Å². The Labute approximate surface area is 62.6 Å². The normalized spacial score (nSPS) is 11.5. The van der Waals surface area contributed by atoms with Crippen molar-refractivity contribution in [2.45, 2.75) is 0 Å². The SMILES string of the molecule is C=CCO[P+](C)(OC)OC. The van der Waals surface area contributed by atoms with Gasteiger partial charge in [-0.05, 0) is 0 Å². The van der Waals surface area contributed by atoms with E-state index in [0.29, 0.717) is 6.61 Å². The van der Waals surface area contributed by atoms with Gasteiger partial charge < -0.3 is 0 Å². The van der Waals surface area contributed by atoms with Crippen LogP contribution >= 0.6 is 7.94 Å². The van der Waals surface area contributed by atoms with Crippen molar-refractivity contribution in [2.75, 3.05) is 27.5 Å². The fourth-order valence-electron chi connectivity index (χ4n) is 0.368. The predicted molar refractivity (Wildman–Crippen MR) is 43.0 cm³/mol. The molecule has 0 saturated heterocycles. The van der Waals surface area contributed by atoms with Crippen LogP contribution in [0, 0.1) is 0 Å². The van der Waals surface area contributed by atoms with Crippen molar-refractivity contribution < 1.29 is 13.6 Å². The van der Waals surface area contributed by atoms with Crippen LogP contribution in [0.15, 0.2) is 12.7 Å². The van der Waals surface area contributed by atoms with Gasteiger partial charge in [0, 0.05) is 0 Å². The van der Waals surface area contributed by atoms with Crippen LogP contribution in [-0.4, -0.2) is 27.5 Å². The minimum Gasteiger partial charge on any atom is -0.182 e. The summed E-state index contributed by atoms with van der Waals surface area (Å²) >= 11 is 0. The lowest BCUT2D eigenvalue weighted by Crippen LogP contribution is -2.00. The molecule has 0 aromatic rings. The van der Waals surface area contributed by atoms with Gasteiger partial charge in [-0.3, -0.25) is 0 Å². The van der Waals surface area contributed by atoms with Gasteiger partial charge in [-0.1, -0.05) is 6.08 Å². The Morgan fingerprint density at radius 1 is 1.40 bits per heavy atom. The Balaban J connectivity index is 3.68. The van der Waals surface area contributed by atoms with Gasteiger partial charge in [0.1, 0.15) is 13.3 Å². The second-order valence-corrected chi connectivity index (χ2v) is 4.25. The van der Waals surface area contributed by atoms with E-state index in [9.17, 15) is 0 Å².